The van der Waals surface area contributed by atoms with E-state index in [1.165, 1.54) is 5.56 Å². The lowest BCUT2D eigenvalue weighted by atomic mass is 10.1. The van der Waals surface area contributed by atoms with Gasteiger partial charge in [-0.3, -0.25) is 0 Å². The third kappa shape index (κ3) is 2.31. The summed E-state index contributed by atoms with van der Waals surface area (Å²) in [6.07, 6.45) is 4.20. The maximum absolute atomic E-state index is 4.60. The zero-order valence-corrected chi connectivity index (χ0v) is 12.0. The predicted octanol–water partition coefficient (Wildman–Crippen LogP) is 2.05. The molecule has 21 heavy (non-hydrogen) atoms. The van der Waals surface area contributed by atoms with E-state index < -0.39 is 0 Å². The van der Waals surface area contributed by atoms with Crippen molar-refractivity contribution in [2.45, 2.75) is 25.8 Å². The summed E-state index contributed by atoms with van der Waals surface area (Å²) in [7, 11) is 0. The Hall–Kier alpha value is -2.21. The van der Waals surface area contributed by atoms with Gasteiger partial charge in [0.1, 0.15) is 5.69 Å². The monoisotopic (exact) mass is 282 g/mol. The molecule has 3 heterocycles. The second-order valence-corrected chi connectivity index (χ2v) is 5.67. The summed E-state index contributed by atoms with van der Waals surface area (Å²) < 4.78 is 1.98. The van der Waals surface area contributed by atoms with Gasteiger partial charge in [-0.2, -0.15) is 0 Å². The van der Waals surface area contributed by atoms with Gasteiger partial charge in [0.05, 0.1) is 23.3 Å². The lowest BCUT2D eigenvalue weighted by Gasteiger charge is -2.21. The van der Waals surface area contributed by atoms with Crippen LogP contribution < -0.4 is 5.32 Å². The number of aromatic nitrogens is 5. The van der Waals surface area contributed by atoms with E-state index in [1.54, 1.807) is 0 Å². The first-order valence-electron chi connectivity index (χ1n) is 7.39. The highest BCUT2D eigenvalue weighted by Gasteiger charge is 2.17. The third-order valence-corrected chi connectivity index (χ3v) is 4.07. The standard InChI is InChI=1S/C15H18N6/c1-10-2-3-12-13(8-10)18-15(17-12)14-9-21(20-19-14)11-4-6-16-7-5-11/h2-3,8-9,11,16H,4-7H2,1H3,(H,17,18). The van der Waals surface area contributed by atoms with Gasteiger partial charge in [-0.05, 0) is 50.6 Å². The van der Waals surface area contributed by atoms with Gasteiger partial charge in [0.2, 0.25) is 0 Å². The summed E-state index contributed by atoms with van der Waals surface area (Å²) in [4.78, 5) is 7.93. The summed E-state index contributed by atoms with van der Waals surface area (Å²) in [5, 5.41) is 11.9. The highest BCUT2D eigenvalue weighted by Crippen LogP contribution is 2.22. The van der Waals surface area contributed by atoms with Crippen molar-refractivity contribution >= 4 is 11.0 Å². The van der Waals surface area contributed by atoms with Crippen molar-refractivity contribution in [2.75, 3.05) is 13.1 Å². The maximum atomic E-state index is 4.60. The zero-order chi connectivity index (χ0) is 14.2. The molecule has 0 bridgehead atoms. The van der Waals surface area contributed by atoms with Crippen molar-refractivity contribution in [1.82, 2.24) is 30.3 Å². The van der Waals surface area contributed by atoms with Gasteiger partial charge in [0.15, 0.2) is 5.82 Å². The minimum atomic E-state index is 0.444. The Morgan fingerprint density at radius 3 is 2.95 bits per heavy atom. The molecule has 0 aliphatic carbocycles. The van der Waals surface area contributed by atoms with E-state index in [0.29, 0.717) is 6.04 Å². The number of fused-ring (bicyclic) bond motifs is 1. The molecule has 0 unspecified atom stereocenters. The first-order chi connectivity index (χ1) is 10.3. The van der Waals surface area contributed by atoms with Crippen LogP contribution in [0, 0.1) is 6.92 Å². The molecule has 1 fully saturated rings. The number of hydrogen-bond acceptors (Lipinski definition) is 4. The first kappa shape index (κ1) is 12.5. The summed E-state index contributed by atoms with van der Waals surface area (Å²) in [5.74, 6) is 0.788. The van der Waals surface area contributed by atoms with Gasteiger partial charge in [-0.1, -0.05) is 11.3 Å². The summed E-state index contributed by atoms with van der Waals surface area (Å²) in [6, 6.07) is 6.64. The van der Waals surface area contributed by atoms with Crippen LogP contribution in [0.2, 0.25) is 0 Å². The number of aryl methyl sites for hydroxylation is 1. The van der Waals surface area contributed by atoms with Crippen LogP contribution in [0.4, 0.5) is 0 Å². The number of imidazole rings is 1. The minimum absolute atomic E-state index is 0.444. The number of piperidine rings is 1. The van der Waals surface area contributed by atoms with Gasteiger partial charge in [-0.25, -0.2) is 9.67 Å². The molecule has 1 aliphatic heterocycles. The van der Waals surface area contributed by atoms with Crippen molar-refractivity contribution in [3.8, 4) is 11.5 Å². The van der Waals surface area contributed by atoms with Gasteiger partial charge in [-0.15, -0.1) is 5.10 Å². The van der Waals surface area contributed by atoms with Crippen LogP contribution >= 0.6 is 0 Å². The Kier molecular flexibility index (Phi) is 2.96. The van der Waals surface area contributed by atoms with Crippen molar-refractivity contribution in [1.29, 1.82) is 0 Å². The van der Waals surface area contributed by atoms with Crippen molar-refractivity contribution < 1.29 is 0 Å². The molecule has 0 atom stereocenters. The molecule has 108 valence electrons. The van der Waals surface area contributed by atoms with Crippen LogP contribution in [0.15, 0.2) is 24.4 Å². The largest absolute Gasteiger partial charge is 0.337 e. The van der Waals surface area contributed by atoms with E-state index in [1.807, 2.05) is 16.9 Å². The van der Waals surface area contributed by atoms with Crippen LogP contribution in [-0.2, 0) is 0 Å². The zero-order valence-electron chi connectivity index (χ0n) is 12.0. The lowest BCUT2D eigenvalue weighted by Crippen LogP contribution is -2.29. The fourth-order valence-corrected chi connectivity index (χ4v) is 2.88. The molecule has 1 saturated heterocycles. The second kappa shape index (κ2) is 4.96. The molecule has 0 spiro atoms. The number of aromatic amines is 1. The average molecular weight is 282 g/mol. The van der Waals surface area contributed by atoms with Crippen molar-refractivity contribution in [2.24, 2.45) is 0 Å². The molecular weight excluding hydrogens is 264 g/mol. The minimum Gasteiger partial charge on any atom is -0.337 e. The summed E-state index contributed by atoms with van der Waals surface area (Å²) in [6.45, 7) is 4.17. The average Bonchev–Trinajstić information content (AvgIpc) is 3.14. The van der Waals surface area contributed by atoms with E-state index in [9.17, 15) is 0 Å². The van der Waals surface area contributed by atoms with Crippen LogP contribution in [-0.4, -0.2) is 38.1 Å². The molecule has 0 saturated carbocycles. The molecule has 0 radical (unpaired) electrons. The number of rotatable bonds is 2. The number of nitrogens with one attached hydrogen (secondary N) is 2. The predicted molar refractivity (Wildman–Crippen MR) is 81.0 cm³/mol. The van der Waals surface area contributed by atoms with Crippen molar-refractivity contribution in [3.05, 3.63) is 30.0 Å². The number of H-pyrrole nitrogens is 1. The SMILES string of the molecule is Cc1ccc2nc(-c3cn(C4CCNCC4)nn3)[nH]c2c1. The Morgan fingerprint density at radius 2 is 2.10 bits per heavy atom. The van der Waals surface area contributed by atoms with E-state index in [2.05, 4.69) is 44.7 Å². The fourth-order valence-electron chi connectivity index (χ4n) is 2.88. The van der Waals surface area contributed by atoms with Crippen LogP contribution in [0.1, 0.15) is 24.4 Å². The number of hydrogen-bond donors (Lipinski definition) is 2. The Labute approximate surface area is 122 Å². The van der Waals surface area contributed by atoms with Gasteiger partial charge >= 0.3 is 0 Å². The number of benzene rings is 1. The van der Waals surface area contributed by atoms with Crippen molar-refractivity contribution in [3.63, 3.8) is 0 Å². The second-order valence-electron chi connectivity index (χ2n) is 5.67. The van der Waals surface area contributed by atoms with E-state index >= 15 is 0 Å². The van der Waals surface area contributed by atoms with E-state index in [-0.39, 0.29) is 0 Å². The molecule has 1 aromatic carbocycles. The maximum Gasteiger partial charge on any atom is 0.160 e. The quantitative estimate of drug-likeness (QED) is 0.754. The van der Waals surface area contributed by atoms with E-state index in [0.717, 1.165) is 48.5 Å². The van der Waals surface area contributed by atoms with Crippen LogP contribution in [0.3, 0.4) is 0 Å². The van der Waals surface area contributed by atoms with E-state index in [4.69, 9.17) is 0 Å². The van der Waals surface area contributed by atoms with Gasteiger partial charge < -0.3 is 10.3 Å². The highest BCUT2D eigenvalue weighted by molar-refractivity contribution is 5.79. The molecule has 3 aromatic rings. The normalized spacial score (nSPS) is 16.6. The Bertz CT molecular complexity index is 765. The number of nitrogens with zero attached hydrogens (tertiary/aromatic N) is 4. The molecular formula is C15H18N6. The fraction of sp³-hybridized carbons (Fsp3) is 0.400. The lowest BCUT2D eigenvalue weighted by molar-refractivity contribution is 0.337. The molecule has 6 nitrogen and oxygen atoms in total. The Balaban J connectivity index is 1.67. The summed E-state index contributed by atoms with van der Waals surface area (Å²) in [5.41, 5.74) is 4.03. The molecule has 2 N–H and O–H groups in total. The van der Waals surface area contributed by atoms with Gasteiger partial charge in [0.25, 0.3) is 0 Å². The molecule has 6 heteroatoms. The third-order valence-electron chi connectivity index (χ3n) is 4.07. The molecule has 4 rings (SSSR count). The molecule has 1 aliphatic rings. The first-order valence-corrected chi connectivity index (χ1v) is 7.39. The van der Waals surface area contributed by atoms with Gasteiger partial charge in [0, 0.05) is 0 Å². The smallest absolute Gasteiger partial charge is 0.160 e. The topological polar surface area (TPSA) is 71.4 Å². The van der Waals surface area contributed by atoms with Crippen LogP contribution in [0.5, 0.6) is 0 Å². The Morgan fingerprint density at radius 1 is 1.24 bits per heavy atom. The summed E-state index contributed by atoms with van der Waals surface area (Å²) >= 11 is 0. The highest BCUT2D eigenvalue weighted by atomic mass is 15.4. The molecule has 0 amide bonds. The molecule has 2 aromatic heterocycles. The van der Waals surface area contributed by atoms with Crippen LogP contribution in [0.25, 0.3) is 22.6 Å².